The number of aryl methyl sites for hydroxylation is 1. The molecule has 0 atom stereocenters. The Morgan fingerprint density at radius 2 is 1.71 bits per heavy atom. The van der Waals surface area contributed by atoms with E-state index in [1.165, 1.54) is 42.1 Å². The van der Waals surface area contributed by atoms with Gasteiger partial charge in [0.25, 0.3) is 15.9 Å². The maximum absolute atomic E-state index is 13.8. The average molecular weight is 563 g/mol. The van der Waals surface area contributed by atoms with Gasteiger partial charge in [-0.25, -0.2) is 8.42 Å². The number of benzene rings is 2. The second-order valence-electron chi connectivity index (χ2n) is 7.30. The predicted octanol–water partition coefficient (Wildman–Crippen LogP) is 4.66. The first-order chi connectivity index (χ1) is 16.5. The van der Waals surface area contributed by atoms with Gasteiger partial charge in [-0.1, -0.05) is 23.2 Å². The van der Waals surface area contributed by atoms with Crippen LogP contribution in [0.2, 0.25) is 10.0 Å². The number of carbonyl (C=O) groups is 1. The third kappa shape index (κ3) is 5.82. The Labute approximate surface area is 213 Å². The lowest BCUT2D eigenvalue weighted by Gasteiger charge is -2.28. The lowest BCUT2D eigenvalue weighted by atomic mass is 10.2. The van der Waals surface area contributed by atoms with Crippen LogP contribution in [0.4, 0.5) is 5.69 Å². The quantitative estimate of drug-likeness (QED) is 0.357. The molecule has 0 aliphatic rings. The number of rotatable bonds is 10. The highest BCUT2D eigenvalue weighted by Gasteiger charge is 2.35. The number of nitrogens with one attached hydrogen (secondary N) is 1. The van der Waals surface area contributed by atoms with Gasteiger partial charge in [0.2, 0.25) is 0 Å². The largest absolute Gasteiger partial charge is 0.354 e. The van der Waals surface area contributed by atoms with Crippen molar-refractivity contribution in [2.24, 2.45) is 7.05 Å². The Hall–Kier alpha value is -2.14. The standard InChI is InChI=1S/C21H25Cl2N4O6PS/c1-5-32-34(29,33-6-2)13-27(35(30,31)17-10-14(22)9-15(23)11-17)16-7-8-18-19(12-16)26(4)25-20(18)21(28)24-3/h7-12H,5-6,13H2,1-4H3,(H,24,28). The first-order valence-corrected chi connectivity index (χ1v) is 14.4. The molecule has 2 aromatic carbocycles. The molecule has 0 spiro atoms. The molecule has 3 aromatic rings. The van der Waals surface area contributed by atoms with Gasteiger partial charge in [0.05, 0.1) is 29.3 Å². The van der Waals surface area contributed by atoms with Crippen molar-refractivity contribution in [1.82, 2.24) is 15.1 Å². The van der Waals surface area contributed by atoms with Crippen LogP contribution in [0.15, 0.2) is 41.3 Å². The first kappa shape index (κ1) is 27.4. The van der Waals surface area contributed by atoms with Crippen molar-refractivity contribution in [3.05, 3.63) is 52.1 Å². The summed E-state index contributed by atoms with van der Waals surface area (Å²) in [5, 5.41) is 7.50. The van der Waals surface area contributed by atoms with Crippen LogP contribution in [-0.4, -0.2) is 50.7 Å². The molecule has 1 heterocycles. The highest BCUT2D eigenvalue weighted by molar-refractivity contribution is 7.93. The van der Waals surface area contributed by atoms with Gasteiger partial charge >= 0.3 is 7.60 Å². The summed E-state index contributed by atoms with van der Waals surface area (Å²) in [6.45, 7) is 3.35. The highest BCUT2D eigenvalue weighted by atomic mass is 35.5. The molecule has 0 radical (unpaired) electrons. The number of nitrogens with zero attached hydrogens (tertiary/aromatic N) is 3. The zero-order valence-corrected chi connectivity index (χ0v) is 22.7. The summed E-state index contributed by atoms with van der Waals surface area (Å²) in [6, 6.07) is 8.48. The van der Waals surface area contributed by atoms with Gasteiger partial charge in [0, 0.05) is 29.5 Å². The zero-order valence-electron chi connectivity index (χ0n) is 19.5. The molecule has 0 fully saturated rings. The van der Waals surface area contributed by atoms with E-state index >= 15 is 0 Å². The smallest absolute Gasteiger partial charge is 0.350 e. The number of carbonyl (C=O) groups excluding carboxylic acids is 1. The molecule has 0 unspecified atom stereocenters. The molecule has 1 aromatic heterocycles. The molecule has 190 valence electrons. The summed E-state index contributed by atoms with van der Waals surface area (Å²) in [5.74, 6) is -0.390. The first-order valence-electron chi connectivity index (χ1n) is 10.5. The minimum absolute atomic E-state index is 0.0460. The van der Waals surface area contributed by atoms with Crippen molar-refractivity contribution < 1.29 is 26.8 Å². The molecule has 0 aliphatic carbocycles. The maximum Gasteiger partial charge on any atom is 0.350 e. The summed E-state index contributed by atoms with van der Waals surface area (Å²) in [6.07, 6.45) is -0.604. The molecule has 0 saturated heterocycles. The van der Waals surface area contributed by atoms with Gasteiger partial charge in [-0.2, -0.15) is 5.10 Å². The predicted molar refractivity (Wildman–Crippen MR) is 136 cm³/mol. The molecular formula is C21H25Cl2N4O6PS. The van der Waals surface area contributed by atoms with Gasteiger partial charge in [0.1, 0.15) is 6.29 Å². The van der Waals surface area contributed by atoms with Crippen molar-refractivity contribution in [2.75, 3.05) is 30.9 Å². The minimum Gasteiger partial charge on any atom is -0.354 e. The Bertz CT molecular complexity index is 1380. The summed E-state index contributed by atoms with van der Waals surface area (Å²) in [7, 11) is -5.11. The SMILES string of the molecule is CCOP(=O)(CN(c1ccc2c(C(=O)NC)nn(C)c2c1)S(=O)(=O)c1cc(Cl)cc(Cl)c1)OCC. The minimum atomic E-state index is -4.34. The number of halogens is 2. The Balaban J connectivity index is 2.23. The molecule has 0 aliphatic heterocycles. The number of aromatic nitrogens is 2. The van der Waals surface area contributed by atoms with Crippen LogP contribution in [0, 0.1) is 0 Å². The molecule has 35 heavy (non-hydrogen) atoms. The van der Waals surface area contributed by atoms with Crippen LogP contribution >= 0.6 is 30.8 Å². The van der Waals surface area contributed by atoms with Crippen molar-refractivity contribution in [2.45, 2.75) is 18.7 Å². The summed E-state index contributed by atoms with van der Waals surface area (Å²) < 4.78 is 54.1. The average Bonchev–Trinajstić information content (AvgIpc) is 3.12. The molecule has 3 rings (SSSR count). The fraction of sp³-hybridized carbons (Fsp3) is 0.333. The summed E-state index contributed by atoms with van der Waals surface area (Å²) >= 11 is 12.1. The van der Waals surface area contributed by atoms with E-state index in [-0.39, 0.29) is 39.5 Å². The van der Waals surface area contributed by atoms with E-state index in [1.54, 1.807) is 27.0 Å². The highest BCUT2D eigenvalue weighted by Crippen LogP contribution is 2.50. The summed E-state index contributed by atoms with van der Waals surface area (Å²) in [5.41, 5.74) is 0.814. The van der Waals surface area contributed by atoms with Gasteiger partial charge in [0.15, 0.2) is 5.69 Å². The van der Waals surface area contributed by atoms with Gasteiger partial charge in [-0.05, 0) is 50.2 Å². The number of amides is 1. The van der Waals surface area contributed by atoms with Crippen molar-refractivity contribution >= 4 is 63.3 Å². The number of hydrogen-bond acceptors (Lipinski definition) is 7. The fourth-order valence-corrected chi connectivity index (χ4v) is 7.85. The normalized spacial score (nSPS) is 12.2. The van der Waals surface area contributed by atoms with Crippen molar-refractivity contribution in [1.29, 1.82) is 0 Å². The number of fused-ring (bicyclic) bond motifs is 1. The van der Waals surface area contributed by atoms with E-state index in [2.05, 4.69) is 10.4 Å². The Morgan fingerprint density at radius 3 is 2.26 bits per heavy atom. The van der Waals surface area contributed by atoms with Crippen LogP contribution in [0.1, 0.15) is 24.3 Å². The van der Waals surface area contributed by atoms with E-state index in [4.69, 9.17) is 32.2 Å². The molecule has 0 bridgehead atoms. The lowest BCUT2D eigenvalue weighted by Crippen LogP contribution is -2.33. The molecule has 14 heteroatoms. The molecule has 0 saturated carbocycles. The van der Waals surface area contributed by atoms with Crippen LogP contribution in [0.5, 0.6) is 0 Å². The Morgan fingerprint density at radius 1 is 1.11 bits per heavy atom. The lowest BCUT2D eigenvalue weighted by molar-refractivity contribution is 0.0959. The molecule has 10 nitrogen and oxygen atoms in total. The van der Waals surface area contributed by atoms with E-state index in [0.29, 0.717) is 10.9 Å². The molecular weight excluding hydrogens is 538 g/mol. The van der Waals surface area contributed by atoms with E-state index in [1.807, 2.05) is 0 Å². The topological polar surface area (TPSA) is 120 Å². The van der Waals surface area contributed by atoms with Crippen LogP contribution in [0.25, 0.3) is 10.9 Å². The second-order valence-corrected chi connectivity index (χ2v) is 12.1. The van der Waals surface area contributed by atoms with Gasteiger partial charge < -0.3 is 14.4 Å². The van der Waals surface area contributed by atoms with Crippen LogP contribution in [0.3, 0.4) is 0 Å². The number of anilines is 1. The maximum atomic E-state index is 13.8. The van der Waals surface area contributed by atoms with Crippen molar-refractivity contribution in [3.63, 3.8) is 0 Å². The van der Waals surface area contributed by atoms with Crippen LogP contribution in [-0.2, 0) is 30.7 Å². The monoisotopic (exact) mass is 562 g/mol. The van der Waals surface area contributed by atoms with Gasteiger partial charge in [-0.15, -0.1) is 0 Å². The van der Waals surface area contributed by atoms with E-state index in [0.717, 1.165) is 4.31 Å². The van der Waals surface area contributed by atoms with Gasteiger partial charge in [-0.3, -0.25) is 18.3 Å². The molecule has 1 amide bonds. The van der Waals surface area contributed by atoms with E-state index < -0.39 is 29.8 Å². The Kier molecular flexibility index (Phi) is 8.52. The zero-order chi connectivity index (χ0) is 26.0. The summed E-state index contributed by atoms with van der Waals surface area (Å²) in [4.78, 5) is 12.0. The van der Waals surface area contributed by atoms with Crippen LogP contribution < -0.4 is 9.62 Å². The second kappa shape index (κ2) is 10.9. The number of hydrogen-bond donors (Lipinski definition) is 1. The third-order valence-electron chi connectivity index (χ3n) is 4.94. The molecule has 1 N–H and O–H groups in total. The van der Waals surface area contributed by atoms with E-state index in [9.17, 15) is 17.8 Å². The number of sulfonamides is 1. The third-order valence-corrected chi connectivity index (χ3v) is 9.25. The fourth-order valence-electron chi connectivity index (χ4n) is 3.46. The van der Waals surface area contributed by atoms with Crippen molar-refractivity contribution in [3.8, 4) is 0 Å².